The van der Waals surface area contributed by atoms with Crippen molar-refractivity contribution in [1.82, 2.24) is 14.8 Å². The van der Waals surface area contributed by atoms with Gasteiger partial charge in [0.05, 0.1) is 12.1 Å². The minimum absolute atomic E-state index is 0.0927. The molecule has 0 bridgehead atoms. The van der Waals surface area contributed by atoms with Gasteiger partial charge in [-0.2, -0.15) is 5.26 Å². The Hall–Kier alpha value is -2.55. The number of benzene rings is 1. The molecule has 0 radical (unpaired) electrons. The zero-order chi connectivity index (χ0) is 15.9. The summed E-state index contributed by atoms with van der Waals surface area (Å²) < 4.78 is 15.7. The van der Waals surface area contributed by atoms with E-state index in [1.165, 1.54) is 18.5 Å². The van der Waals surface area contributed by atoms with Gasteiger partial charge in [-0.05, 0) is 19.4 Å². The number of hydrogen-bond acceptors (Lipinski definition) is 4. The standard InChI is InChI=1S/C16H15FN4O/c1-16(2,9-18)13(22)14-19-15-11(17)8-12(21(15)20-14)10-6-4-3-5-7-10/h3-7,11-12H,8H2,1-2H3. The third-order valence-electron chi connectivity index (χ3n) is 3.90. The van der Waals surface area contributed by atoms with Gasteiger partial charge in [-0.15, -0.1) is 5.10 Å². The molecule has 0 saturated carbocycles. The SMILES string of the molecule is CC(C)(C#N)C(=O)c1nc2n(n1)C(c1ccccc1)CC2F. The van der Waals surface area contributed by atoms with Crippen LogP contribution >= 0.6 is 0 Å². The molecule has 0 N–H and O–H groups in total. The molecule has 2 atom stereocenters. The summed E-state index contributed by atoms with van der Waals surface area (Å²) in [5.74, 6) is -0.424. The van der Waals surface area contributed by atoms with Crippen LogP contribution in [0.25, 0.3) is 0 Å². The van der Waals surface area contributed by atoms with Crippen LogP contribution in [0, 0.1) is 16.7 Å². The lowest BCUT2D eigenvalue weighted by molar-refractivity contribution is 0.0880. The number of halogens is 1. The van der Waals surface area contributed by atoms with Crippen molar-refractivity contribution in [3.63, 3.8) is 0 Å². The minimum atomic E-state index is -1.26. The topological polar surface area (TPSA) is 71.6 Å². The van der Waals surface area contributed by atoms with Crippen LogP contribution in [-0.4, -0.2) is 20.5 Å². The molecule has 1 aliphatic heterocycles. The fraction of sp³-hybridized carbons (Fsp3) is 0.375. The van der Waals surface area contributed by atoms with E-state index >= 15 is 0 Å². The molecule has 1 aromatic heterocycles. The number of Topliss-reactive ketones (excluding diaryl/α,β-unsaturated/α-hetero) is 1. The smallest absolute Gasteiger partial charge is 0.221 e. The van der Waals surface area contributed by atoms with Crippen LogP contribution in [0.5, 0.6) is 0 Å². The average molecular weight is 298 g/mol. The van der Waals surface area contributed by atoms with Gasteiger partial charge in [0.2, 0.25) is 11.6 Å². The Labute approximate surface area is 127 Å². The first-order valence-electron chi connectivity index (χ1n) is 7.05. The summed E-state index contributed by atoms with van der Waals surface area (Å²) in [6.07, 6.45) is -1.00. The van der Waals surface area contributed by atoms with Crippen LogP contribution in [0.1, 0.15) is 54.5 Å². The minimum Gasteiger partial charge on any atom is -0.289 e. The van der Waals surface area contributed by atoms with Crippen LogP contribution in [0.4, 0.5) is 4.39 Å². The molecule has 1 aromatic carbocycles. The molecule has 22 heavy (non-hydrogen) atoms. The van der Waals surface area contributed by atoms with E-state index in [2.05, 4.69) is 10.1 Å². The maximum Gasteiger partial charge on any atom is 0.221 e. The van der Waals surface area contributed by atoms with E-state index < -0.39 is 17.4 Å². The van der Waals surface area contributed by atoms with Crippen LogP contribution < -0.4 is 0 Å². The second-order valence-corrected chi connectivity index (χ2v) is 5.93. The van der Waals surface area contributed by atoms with Crippen LogP contribution in [0.3, 0.4) is 0 Å². The number of carbonyl (C=O) groups excluding carboxylic acids is 1. The summed E-state index contributed by atoms with van der Waals surface area (Å²) in [7, 11) is 0. The fourth-order valence-corrected chi connectivity index (χ4v) is 2.56. The molecule has 2 heterocycles. The molecule has 2 aromatic rings. The van der Waals surface area contributed by atoms with E-state index in [0.29, 0.717) is 0 Å². The molecule has 0 aliphatic carbocycles. The van der Waals surface area contributed by atoms with Crippen molar-refractivity contribution in [2.24, 2.45) is 5.41 Å². The number of fused-ring (bicyclic) bond motifs is 1. The summed E-state index contributed by atoms with van der Waals surface area (Å²) >= 11 is 0. The second-order valence-electron chi connectivity index (χ2n) is 5.93. The number of alkyl halides is 1. The molecule has 6 heteroatoms. The molecule has 0 fully saturated rings. The van der Waals surface area contributed by atoms with Gasteiger partial charge in [-0.25, -0.2) is 14.1 Å². The van der Waals surface area contributed by atoms with Crippen molar-refractivity contribution in [3.8, 4) is 6.07 Å². The van der Waals surface area contributed by atoms with Crippen LogP contribution in [0.15, 0.2) is 30.3 Å². The lowest BCUT2D eigenvalue weighted by atomic mass is 9.90. The largest absolute Gasteiger partial charge is 0.289 e. The normalized spacial score (nSPS) is 20.5. The zero-order valence-electron chi connectivity index (χ0n) is 12.3. The Bertz CT molecular complexity index is 760. The number of hydrogen-bond donors (Lipinski definition) is 0. The monoisotopic (exact) mass is 298 g/mol. The van der Waals surface area contributed by atoms with Crippen molar-refractivity contribution >= 4 is 5.78 Å². The Morgan fingerprint density at radius 2 is 2.09 bits per heavy atom. The average Bonchev–Trinajstić information content (AvgIpc) is 3.08. The lowest BCUT2D eigenvalue weighted by Gasteiger charge is -2.12. The van der Waals surface area contributed by atoms with Gasteiger partial charge >= 0.3 is 0 Å². The van der Waals surface area contributed by atoms with Gasteiger partial charge in [0, 0.05) is 6.42 Å². The number of aromatic nitrogens is 3. The summed E-state index contributed by atoms with van der Waals surface area (Å²) in [4.78, 5) is 16.3. The Morgan fingerprint density at radius 3 is 2.73 bits per heavy atom. The van der Waals surface area contributed by atoms with Gasteiger partial charge in [0.25, 0.3) is 0 Å². The highest BCUT2D eigenvalue weighted by Crippen LogP contribution is 2.39. The van der Waals surface area contributed by atoms with Crippen LogP contribution in [0.2, 0.25) is 0 Å². The molecule has 0 saturated heterocycles. The summed E-state index contributed by atoms with van der Waals surface area (Å²) in [6.45, 7) is 3.01. The van der Waals surface area contributed by atoms with E-state index in [9.17, 15) is 9.18 Å². The fourth-order valence-electron chi connectivity index (χ4n) is 2.56. The first kappa shape index (κ1) is 14.4. The molecular weight excluding hydrogens is 283 g/mol. The molecule has 2 unspecified atom stereocenters. The molecule has 5 nitrogen and oxygen atoms in total. The van der Waals surface area contributed by atoms with Gasteiger partial charge in [-0.1, -0.05) is 30.3 Å². The van der Waals surface area contributed by atoms with Gasteiger partial charge < -0.3 is 0 Å². The number of rotatable bonds is 3. The number of ketones is 1. The van der Waals surface area contributed by atoms with Crippen molar-refractivity contribution in [1.29, 1.82) is 5.26 Å². The van der Waals surface area contributed by atoms with Crippen molar-refractivity contribution in [2.75, 3.05) is 0 Å². The quantitative estimate of drug-likeness (QED) is 0.817. The first-order valence-corrected chi connectivity index (χ1v) is 7.05. The number of nitriles is 1. The van der Waals surface area contributed by atoms with E-state index in [0.717, 1.165) is 5.56 Å². The number of nitrogens with zero attached hydrogens (tertiary/aromatic N) is 4. The van der Waals surface area contributed by atoms with E-state index in [1.54, 1.807) is 0 Å². The van der Waals surface area contributed by atoms with Crippen molar-refractivity contribution < 1.29 is 9.18 Å². The highest BCUT2D eigenvalue weighted by atomic mass is 19.1. The maximum atomic E-state index is 14.2. The van der Waals surface area contributed by atoms with Crippen molar-refractivity contribution in [3.05, 3.63) is 47.5 Å². The highest BCUT2D eigenvalue weighted by Gasteiger charge is 2.39. The molecule has 0 amide bonds. The van der Waals surface area contributed by atoms with Crippen molar-refractivity contribution in [2.45, 2.75) is 32.5 Å². The second kappa shape index (κ2) is 5.02. The Morgan fingerprint density at radius 1 is 1.41 bits per heavy atom. The summed E-state index contributed by atoms with van der Waals surface area (Å²) in [5.41, 5.74) is -0.302. The number of carbonyl (C=O) groups is 1. The zero-order valence-corrected chi connectivity index (χ0v) is 12.3. The third kappa shape index (κ3) is 2.19. The molecule has 112 valence electrons. The van der Waals surface area contributed by atoms with Gasteiger partial charge in [0.1, 0.15) is 5.41 Å². The Kier molecular flexibility index (Phi) is 3.28. The van der Waals surface area contributed by atoms with E-state index in [1.807, 2.05) is 36.4 Å². The molecular formula is C16H15FN4O. The molecule has 0 spiro atoms. The summed E-state index contributed by atoms with van der Waals surface area (Å²) in [5, 5.41) is 13.2. The van der Waals surface area contributed by atoms with E-state index in [4.69, 9.17) is 5.26 Å². The summed E-state index contributed by atoms with van der Waals surface area (Å²) in [6, 6.07) is 11.1. The van der Waals surface area contributed by atoms with E-state index in [-0.39, 0.29) is 24.1 Å². The maximum absolute atomic E-state index is 14.2. The van der Waals surface area contributed by atoms with Crippen LogP contribution in [-0.2, 0) is 0 Å². The third-order valence-corrected chi connectivity index (χ3v) is 3.90. The molecule has 1 aliphatic rings. The van der Waals surface area contributed by atoms with Gasteiger partial charge in [-0.3, -0.25) is 4.79 Å². The first-order chi connectivity index (χ1) is 10.4. The predicted molar refractivity (Wildman–Crippen MR) is 76.8 cm³/mol. The molecule has 3 rings (SSSR count). The Balaban J connectivity index is 2.01. The highest BCUT2D eigenvalue weighted by molar-refractivity contribution is 5.98. The predicted octanol–water partition coefficient (Wildman–Crippen LogP) is 3.01. The van der Waals surface area contributed by atoms with Gasteiger partial charge in [0.15, 0.2) is 12.0 Å². The lowest BCUT2D eigenvalue weighted by Crippen LogP contribution is -2.24.